The van der Waals surface area contributed by atoms with Crippen molar-refractivity contribution in [1.29, 1.82) is 0 Å². The quantitative estimate of drug-likeness (QED) is 0.721. The van der Waals surface area contributed by atoms with E-state index in [4.69, 9.17) is 4.74 Å². The highest BCUT2D eigenvalue weighted by Gasteiger charge is 2.35. The lowest BCUT2D eigenvalue weighted by molar-refractivity contribution is -0.160. The number of esters is 1. The van der Waals surface area contributed by atoms with Crippen molar-refractivity contribution in [3.05, 3.63) is 0 Å². The molecule has 0 aromatic carbocycles. The monoisotopic (exact) mass is 349 g/mol. The minimum atomic E-state index is -2.90. The van der Waals surface area contributed by atoms with Gasteiger partial charge in [0.1, 0.15) is 11.6 Å². The first-order chi connectivity index (χ1) is 10.2. The largest absolute Gasteiger partial charge is 0.459 e. The Labute approximate surface area is 138 Å². The standard InChI is InChI=1S/C15H27NO4S2/c1-15(2,3)20-14(17)13-10-21-7-6-16(13)9-12-5-4-8-22(18,19)11-12/h12-13H,4-11H2,1-3H3. The summed E-state index contributed by atoms with van der Waals surface area (Å²) in [5.41, 5.74) is -0.487. The second-order valence-corrected chi connectivity index (χ2v) is 10.6. The number of carbonyl (C=O) groups is 1. The molecule has 0 amide bonds. The predicted molar refractivity (Wildman–Crippen MR) is 89.9 cm³/mol. The second kappa shape index (κ2) is 7.09. The summed E-state index contributed by atoms with van der Waals surface area (Å²) in [6.45, 7) is 7.13. The third kappa shape index (κ3) is 5.42. The molecule has 0 bridgehead atoms. The zero-order chi connectivity index (χ0) is 16.4. The van der Waals surface area contributed by atoms with Crippen LogP contribution in [0.2, 0.25) is 0 Å². The van der Waals surface area contributed by atoms with Crippen LogP contribution in [0.25, 0.3) is 0 Å². The van der Waals surface area contributed by atoms with Crippen molar-refractivity contribution < 1.29 is 17.9 Å². The van der Waals surface area contributed by atoms with Crippen LogP contribution in [-0.2, 0) is 19.4 Å². The lowest BCUT2D eigenvalue weighted by atomic mass is 10.0. The summed E-state index contributed by atoms with van der Waals surface area (Å²) in [4.78, 5) is 14.5. The molecule has 2 aliphatic rings. The topological polar surface area (TPSA) is 63.7 Å². The zero-order valence-electron chi connectivity index (χ0n) is 13.7. The number of sulfone groups is 1. The van der Waals surface area contributed by atoms with Gasteiger partial charge in [-0.15, -0.1) is 0 Å². The summed E-state index contributed by atoms with van der Waals surface area (Å²) in [5.74, 6) is 2.25. The van der Waals surface area contributed by atoms with Crippen LogP contribution in [0.5, 0.6) is 0 Å². The molecule has 0 spiro atoms. The van der Waals surface area contributed by atoms with E-state index in [9.17, 15) is 13.2 Å². The molecule has 2 saturated heterocycles. The minimum Gasteiger partial charge on any atom is -0.459 e. The summed E-state index contributed by atoms with van der Waals surface area (Å²) in [6, 6.07) is -0.248. The Kier molecular flexibility index (Phi) is 5.83. The Morgan fingerprint density at radius 3 is 2.73 bits per heavy atom. The van der Waals surface area contributed by atoms with E-state index in [1.165, 1.54) is 0 Å². The zero-order valence-corrected chi connectivity index (χ0v) is 15.3. The Morgan fingerprint density at radius 1 is 1.36 bits per heavy atom. The SMILES string of the molecule is CC(C)(C)OC(=O)C1CSCCN1CC1CCCS(=O)(=O)C1. The molecule has 128 valence electrons. The van der Waals surface area contributed by atoms with E-state index in [-0.39, 0.29) is 23.7 Å². The van der Waals surface area contributed by atoms with Gasteiger partial charge < -0.3 is 4.74 Å². The number of hydrogen-bond donors (Lipinski definition) is 0. The summed E-state index contributed by atoms with van der Waals surface area (Å²) in [6.07, 6.45) is 1.68. The highest BCUT2D eigenvalue weighted by atomic mass is 32.2. The molecule has 2 rings (SSSR count). The van der Waals surface area contributed by atoms with Crippen LogP contribution in [0.4, 0.5) is 0 Å². The van der Waals surface area contributed by atoms with E-state index < -0.39 is 15.4 Å². The lowest BCUT2D eigenvalue weighted by Gasteiger charge is -2.38. The third-order valence-corrected chi connectivity index (χ3v) is 6.88. The van der Waals surface area contributed by atoms with Crippen LogP contribution in [0.1, 0.15) is 33.6 Å². The molecular weight excluding hydrogens is 322 g/mol. The average Bonchev–Trinajstić information content (AvgIpc) is 2.36. The fraction of sp³-hybridized carbons (Fsp3) is 0.933. The van der Waals surface area contributed by atoms with Gasteiger partial charge in [0, 0.05) is 24.6 Å². The number of ether oxygens (including phenoxy) is 1. The maximum absolute atomic E-state index is 12.4. The van der Waals surface area contributed by atoms with Crippen LogP contribution in [-0.4, -0.2) is 67.0 Å². The fourth-order valence-corrected chi connectivity index (χ4v) is 5.90. The molecule has 2 heterocycles. The van der Waals surface area contributed by atoms with E-state index in [1.54, 1.807) is 11.8 Å². The highest BCUT2D eigenvalue weighted by Crippen LogP contribution is 2.25. The predicted octanol–water partition coefficient (Wildman–Crippen LogP) is 1.57. The molecule has 0 aliphatic carbocycles. The van der Waals surface area contributed by atoms with Crippen LogP contribution in [0.3, 0.4) is 0 Å². The number of hydrogen-bond acceptors (Lipinski definition) is 6. The van der Waals surface area contributed by atoms with E-state index >= 15 is 0 Å². The molecular formula is C15H27NO4S2. The molecule has 0 aromatic heterocycles. The van der Waals surface area contributed by atoms with Crippen molar-refractivity contribution in [2.75, 3.05) is 36.1 Å². The number of carbonyl (C=O) groups excluding carboxylic acids is 1. The van der Waals surface area contributed by atoms with Gasteiger partial charge in [-0.05, 0) is 39.5 Å². The van der Waals surface area contributed by atoms with Crippen molar-refractivity contribution in [3.8, 4) is 0 Å². The van der Waals surface area contributed by atoms with E-state index in [0.717, 1.165) is 30.9 Å². The summed E-state index contributed by atoms with van der Waals surface area (Å²) in [7, 11) is -2.90. The van der Waals surface area contributed by atoms with Crippen molar-refractivity contribution in [1.82, 2.24) is 4.90 Å². The fourth-order valence-electron chi connectivity index (χ4n) is 3.04. The molecule has 5 nitrogen and oxygen atoms in total. The molecule has 0 radical (unpaired) electrons. The minimum absolute atomic E-state index is 0.145. The molecule has 7 heteroatoms. The molecule has 2 atom stereocenters. The molecule has 2 fully saturated rings. The maximum Gasteiger partial charge on any atom is 0.324 e. The summed E-state index contributed by atoms with van der Waals surface area (Å²) < 4.78 is 29.1. The Morgan fingerprint density at radius 2 is 2.09 bits per heavy atom. The smallest absolute Gasteiger partial charge is 0.324 e. The third-order valence-electron chi connectivity index (χ3n) is 3.97. The first kappa shape index (κ1) is 18.1. The van der Waals surface area contributed by atoms with Crippen molar-refractivity contribution in [2.45, 2.75) is 45.3 Å². The molecule has 2 unspecified atom stereocenters. The van der Waals surface area contributed by atoms with Crippen LogP contribution in [0.15, 0.2) is 0 Å². The number of rotatable bonds is 3. The van der Waals surface area contributed by atoms with Gasteiger partial charge in [0.15, 0.2) is 9.84 Å². The van der Waals surface area contributed by atoms with Crippen LogP contribution in [0, 0.1) is 5.92 Å². The molecule has 2 aliphatic heterocycles. The molecule has 0 aromatic rings. The van der Waals surface area contributed by atoms with E-state index in [2.05, 4.69) is 4.90 Å². The van der Waals surface area contributed by atoms with Gasteiger partial charge in [0.25, 0.3) is 0 Å². The Bertz CT molecular complexity index is 498. The average molecular weight is 350 g/mol. The Balaban J connectivity index is 1.99. The molecule has 0 N–H and O–H groups in total. The summed E-state index contributed by atoms with van der Waals surface area (Å²) in [5, 5.41) is 0. The number of nitrogens with zero attached hydrogens (tertiary/aromatic N) is 1. The van der Waals surface area contributed by atoms with Gasteiger partial charge in [0.05, 0.1) is 11.5 Å². The Hall–Kier alpha value is -0.270. The van der Waals surface area contributed by atoms with Crippen molar-refractivity contribution in [2.24, 2.45) is 5.92 Å². The molecule has 0 saturated carbocycles. The van der Waals surface area contributed by atoms with Crippen LogP contribution < -0.4 is 0 Å². The van der Waals surface area contributed by atoms with Gasteiger partial charge in [-0.3, -0.25) is 9.69 Å². The van der Waals surface area contributed by atoms with E-state index in [0.29, 0.717) is 12.3 Å². The van der Waals surface area contributed by atoms with Gasteiger partial charge in [-0.25, -0.2) is 8.42 Å². The maximum atomic E-state index is 12.4. The van der Waals surface area contributed by atoms with Gasteiger partial charge in [0.2, 0.25) is 0 Å². The van der Waals surface area contributed by atoms with Crippen LogP contribution >= 0.6 is 11.8 Å². The van der Waals surface area contributed by atoms with Gasteiger partial charge >= 0.3 is 5.97 Å². The second-order valence-electron chi connectivity index (χ2n) is 7.24. The first-order valence-corrected chi connectivity index (χ1v) is 10.9. The summed E-state index contributed by atoms with van der Waals surface area (Å²) >= 11 is 1.76. The van der Waals surface area contributed by atoms with Crippen molar-refractivity contribution >= 4 is 27.6 Å². The molecule has 22 heavy (non-hydrogen) atoms. The van der Waals surface area contributed by atoms with Crippen molar-refractivity contribution in [3.63, 3.8) is 0 Å². The normalized spacial score (nSPS) is 30.0. The number of thioether (sulfide) groups is 1. The lowest BCUT2D eigenvalue weighted by Crippen LogP contribution is -2.51. The van der Waals surface area contributed by atoms with E-state index in [1.807, 2.05) is 20.8 Å². The van der Waals surface area contributed by atoms with Gasteiger partial charge in [-0.1, -0.05) is 0 Å². The van der Waals surface area contributed by atoms with Gasteiger partial charge in [-0.2, -0.15) is 11.8 Å². The first-order valence-electron chi connectivity index (χ1n) is 7.91. The highest BCUT2D eigenvalue weighted by molar-refractivity contribution is 7.99.